The number of hydrogen-bond acceptors (Lipinski definition) is 4. The molecule has 0 saturated heterocycles. The Morgan fingerprint density at radius 2 is 1.56 bits per heavy atom. The minimum atomic E-state index is -3.60. The number of benzene rings is 3. The fourth-order valence-electron chi connectivity index (χ4n) is 4.63. The topological polar surface area (TPSA) is 86.8 Å². The van der Waals surface area contributed by atoms with Crippen molar-refractivity contribution in [1.29, 1.82) is 0 Å². The Labute approximate surface area is 243 Å². The Morgan fingerprint density at radius 3 is 2.17 bits per heavy atom. The highest BCUT2D eigenvalue weighted by Crippen LogP contribution is 2.21. The van der Waals surface area contributed by atoms with Gasteiger partial charge in [0.05, 0.1) is 11.9 Å². The highest BCUT2D eigenvalue weighted by Gasteiger charge is 2.31. The Hall–Kier alpha value is -3.72. The predicted octanol–water partition coefficient (Wildman–Crippen LogP) is 5.10. The van der Waals surface area contributed by atoms with Gasteiger partial charge < -0.3 is 10.2 Å². The average molecular weight is 582 g/mol. The molecule has 0 aliphatic heterocycles. The summed E-state index contributed by atoms with van der Waals surface area (Å²) in [6.07, 6.45) is 3.17. The number of amides is 2. The largest absolute Gasteiger partial charge is 0.354 e. The quantitative estimate of drug-likeness (QED) is 0.271. The lowest BCUT2D eigenvalue weighted by Gasteiger charge is -2.32. The van der Waals surface area contributed by atoms with Crippen LogP contribution in [0.5, 0.6) is 0 Å². The van der Waals surface area contributed by atoms with Gasteiger partial charge in [-0.05, 0) is 48.6 Å². The van der Waals surface area contributed by atoms with Crippen molar-refractivity contribution >= 4 is 27.5 Å². The third-order valence-electron chi connectivity index (χ3n) is 6.90. The van der Waals surface area contributed by atoms with Gasteiger partial charge in [0, 0.05) is 38.0 Å². The van der Waals surface area contributed by atoms with Gasteiger partial charge >= 0.3 is 0 Å². The van der Waals surface area contributed by atoms with Crippen LogP contribution in [0.1, 0.15) is 49.8 Å². The molecule has 3 aromatic carbocycles. The van der Waals surface area contributed by atoms with Crippen LogP contribution in [-0.2, 0) is 39.0 Å². The van der Waals surface area contributed by atoms with Crippen LogP contribution in [0.4, 0.5) is 10.1 Å². The van der Waals surface area contributed by atoms with Crippen LogP contribution in [0, 0.1) is 5.82 Å². The SMILES string of the molecule is CCCNC(=O)[C@H](Cc1ccccc1)N(Cc1ccccc1F)C(=O)CCCN(c1ccc(CC)cc1)S(C)(=O)=O. The van der Waals surface area contributed by atoms with Crippen molar-refractivity contribution < 1.29 is 22.4 Å². The number of aryl methyl sites for hydroxylation is 1. The van der Waals surface area contributed by atoms with E-state index in [0.29, 0.717) is 17.8 Å². The van der Waals surface area contributed by atoms with E-state index in [1.165, 1.54) is 15.3 Å². The lowest BCUT2D eigenvalue weighted by Crippen LogP contribution is -2.50. The molecule has 0 aliphatic carbocycles. The lowest BCUT2D eigenvalue weighted by molar-refractivity contribution is -0.141. The van der Waals surface area contributed by atoms with Crippen LogP contribution in [0.25, 0.3) is 0 Å². The van der Waals surface area contributed by atoms with E-state index < -0.39 is 21.9 Å². The summed E-state index contributed by atoms with van der Waals surface area (Å²) in [5.74, 6) is -1.12. The van der Waals surface area contributed by atoms with Gasteiger partial charge in [-0.3, -0.25) is 13.9 Å². The zero-order chi connectivity index (χ0) is 29.8. The van der Waals surface area contributed by atoms with E-state index >= 15 is 0 Å². The second-order valence-corrected chi connectivity index (χ2v) is 12.0. The first kappa shape index (κ1) is 31.8. The first-order chi connectivity index (χ1) is 19.6. The molecule has 3 aromatic rings. The second-order valence-electron chi connectivity index (χ2n) is 10.1. The highest BCUT2D eigenvalue weighted by molar-refractivity contribution is 7.92. The van der Waals surface area contributed by atoms with Gasteiger partial charge in [0.25, 0.3) is 0 Å². The van der Waals surface area contributed by atoms with Crippen molar-refractivity contribution in [1.82, 2.24) is 10.2 Å². The summed E-state index contributed by atoms with van der Waals surface area (Å²) in [7, 11) is -3.60. The van der Waals surface area contributed by atoms with E-state index in [9.17, 15) is 22.4 Å². The van der Waals surface area contributed by atoms with Crippen molar-refractivity contribution in [2.75, 3.05) is 23.7 Å². The van der Waals surface area contributed by atoms with Gasteiger partial charge in [-0.1, -0.05) is 74.5 Å². The number of hydrogen-bond donors (Lipinski definition) is 1. The summed E-state index contributed by atoms with van der Waals surface area (Å²) in [5, 5.41) is 2.90. The molecule has 1 atom stereocenters. The maximum absolute atomic E-state index is 14.7. The summed E-state index contributed by atoms with van der Waals surface area (Å²) < 4.78 is 41.2. The van der Waals surface area contributed by atoms with E-state index in [1.54, 1.807) is 30.3 Å². The van der Waals surface area contributed by atoms with Crippen molar-refractivity contribution in [3.63, 3.8) is 0 Å². The molecule has 0 heterocycles. The minimum absolute atomic E-state index is 0.0140. The summed E-state index contributed by atoms with van der Waals surface area (Å²) in [5.41, 5.74) is 2.79. The van der Waals surface area contributed by atoms with Crippen LogP contribution in [-0.4, -0.2) is 50.5 Å². The average Bonchev–Trinajstić information content (AvgIpc) is 2.96. The van der Waals surface area contributed by atoms with E-state index in [2.05, 4.69) is 5.32 Å². The van der Waals surface area contributed by atoms with Crippen LogP contribution in [0.3, 0.4) is 0 Å². The van der Waals surface area contributed by atoms with Gasteiger partial charge in [0.1, 0.15) is 11.9 Å². The van der Waals surface area contributed by atoms with Crippen LogP contribution >= 0.6 is 0 Å². The molecule has 0 aromatic heterocycles. The molecule has 0 aliphatic rings. The third-order valence-corrected chi connectivity index (χ3v) is 8.10. The highest BCUT2D eigenvalue weighted by atomic mass is 32.2. The molecule has 0 spiro atoms. The molecule has 220 valence electrons. The summed E-state index contributed by atoms with van der Waals surface area (Å²) in [6.45, 7) is 4.42. The number of carbonyl (C=O) groups excluding carboxylic acids is 2. The van der Waals surface area contributed by atoms with E-state index in [0.717, 1.165) is 30.2 Å². The normalized spacial score (nSPS) is 12.0. The van der Waals surface area contributed by atoms with Crippen LogP contribution in [0.15, 0.2) is 78.9 Å². The molecule has 0 unspecified atom stereocenters. The lowest BCUT2D eigenvalue weighted by atomic mass is 10.0. The Bertz CT molecular complexity index is 1380. The minimum Gasteiger partial charge on any atom is -0.354 e. The zero-order valence-corrected chi connectivity index (χ0v) is 24.9. The fourth-order valence-corrected chi connectivity index (χ4v) is 5.60. The van der Waals surface area contributed by atoms with Crippen molar-refractivity contribution in [2.24, 2.45) is 0 Å². The molecule has 0 radical (unpaired) electrons. The van der Waals surface area contributed by atoms with Gasteiger partial charge in [0.2, 0.25) is 21.8 Å². The van der Waals surface area contributed by atoms with Crippen molar-refractivity contribution in [3.05, 3.63) is 101 Å². The number of anilines is 1. The fraction of sp³-hybridized carbons (Fsp3) is 0.375. The predicted molar refractivity (Wildman–Crippen MR) is 161 cm³/mol. The molecule has 1 N–H and O–H groups in total. The van der Waals surface area contributed by atoms with Gasteiger partial charge in [-0.25, -0.2) is 12.8 Å². The maximum Gasteiger partial charge on any atom is 0.243 e. The molecule has 41 heavy (non-hydrogen) atoms. The summed E-state index contributed by atoms with van der Waals surface area (Å²) >= 11 is 0. The molecular weight excluding hydrogens is 541 g/mol. The smallest absolute Gasteiger partial charge is 0.243 e. The summed E-state index contributed by atoms with van der Waals surface area (Å²) in [6, 6.07) is 22.0. The first-order valence-corrected chi connectivity index (χ1v) is 15.9. The molecule has 7 nitrogen and oxygen atoms in total. The van der Waals surface area contributed by atoms with E-state index in [1.807, 2.05) is 56.3 Å². The van der Waals surface area contributed by atoms with E-state index in [4.69, 9.17) is 0 Å². The Morgan fingerprint density at radius 1 is 0.902 bits per heavy atom. The number of sulfonamides is 1. The van der Waals surface area contributed by atoms with Crippen LogP contribution < -0.4 is 9.62 Å². The molecule has 0 saturated carbocycles. The number of rotatable bonds is 15. The number of carbonyl (C=O) groups is 2. The molecule has 9 heteroatoms. The monoisotopic (exact) mass is 581 g/mol. The van der Waals surface area contributed by atoms with Gasteiger partial charge in [0.15, 0.2) is 0 Å². The van der Waals surface area contributed by atoms with Crippen molar-refractivity contribution in [3.8, 4) is 0 Å². The van der Waals surface area contributed by atoms with E-state index in [-0.39, 0.29) is 44.2 Å². The number of nitrogens with one attached hydrogen (secondary N) is 1. The van der Waals surface area contributed by atoms with Crippen molar-refractivity contribution in [2.45, 2.75) is 58.5 Å². The Kier molecular flexibility index (Phi) is 11.9. The Balaban J connectivity index is 1.87. The molecule has 0 bridgehead atoms. The number of halogens is 1. The van der Waals surface area contributed by atoms with Gasteiger partial charge in [-0.2, -0.15) is 0 Å². The molecule has 3 rings (SSSR count). The molecular formula is C32H40FN3O4S. The molecule has 2 amide bonds. The maximum atomic E-state index is 14.7. The first-order valence-electron chi connectivity index (χ1n) is 14.0. The molecule has 0 fully saturated rings. The van der Waals surface area contributed by atoms with Crippen LogP contribution in [0.2, 0.25) is 0 Å². The second kappa shape index (κ2) is 15.3. The van der Waals surface area contributed by atoms with Gasteiger partial charge in [-0.15, -0.1) is 0 Å². The number of nitrogens with zero attached hydrogens (tertiary/aromatic N) is 2. The summed E-state index contributed by atoms with van der Waals surface area (Å²) in [4.78, 5) is 28.6. The third kappa shape index (κ3) is 9.42. The zero-order valence-electron chi connectivity index (χ0n) is 24.1. The standard InChI is InChI=1S/C32H40FN3O4S/c1-4-21-34-32(38)30(23-26-12-7-6-8-13-26)35(24-27-14-9-10-15-29(27)33)31(37)16-11-22-36(41(3,39)40)28-19-17-25(5-2)18-20-28/h6-10,12-15,17-20,30H,4-5,11,16,21-24H2,1-3H3,(H,34,38)/t30-/m0/s1.